The molecule has 4 bridgehead atoms. The molecule has 0 N–H and O–H groups in total. The molecule has 0 unspecified atom stereocenters. The van der Waals surface area contributed by atoms with E-state index in [0.29, 0.717) is 6.54 Å². The summed E-state index contributed by atoms with van der Waals surface area (Å²) in [5.41, 5.74) is 0. The quantitative estimate of drug-likeness (QED) is 0.459. The summed E-state index contributed by atoms with van der Waals surface area (Å²) in [6.45, 7) is 3.06. The number of carbonyl (C=O) groups excluding carboxylic acids is 4. The van der Waals surface area contributed by atoms with Crippen molar-refractivity contribution in [2.24, 2.45) is 47.3 Å². The van der Waals surface area contributed by atoms with E-state index in [0.717, 1.165) is 25.7 Å². The van der Waals surface area contributed by atoms with E-state index in [1.54, 1.807) is 0 Å². The Morgan fingerprint density at radius 3 is 1.39 bits per heavy atom. The molecule has 6 aliphatic rings. The highest BCUT2D eigenvalue weighted by atomic mass is 16.2. The Morgan fingerprint density at radius 2 is 1.06 bits per heavy atom. The molecule has 8 atom stereocenters. The van der Waals surface area contributed by atoms with E-state index in [9.17, 15) is 19.2 Å². The van der Waals surface area contributed by atoms with Gasteiger partial charge in [-0.25, -0.2) is 0 Å². The zero-order valence-corrected chi connectivity index (χ0v) is 17.9. The summed E-state index contributed by atoms with van der Waals surface area (Å²) in [4.78, 5) is 57.2. The SMILES string of the molecule is CCCCN(CN1C(=O)[C@@H]2[C@@H](C1=O)[C@H]1C=C[C@@H]2C1)CN1C(=O)[C@@H]2[C@H](C1=O)[C@@H]1C=C[C@H]2C1. The molecular formula is C24H29N3O4. The van der Waals surface area contributed by atoms with Crippen molar-refractivity contribution < 1.29 is 19.2 Å². The van der Waals surface area contributed by atoms with Crippen LogP contribution in [-0.4, -0.2) is 58.2 Å². The van der Waals surface area contributed by atoms with Gasteiger partial charge in [-0.15, -0.1) is 0 Å². The number of hydrogen-bond acceptors (Lipinski definition) is 5. The maximum absolute atomic E-state index is 13.1. The highest BCUT2D eigenvalue weighted by Gasteiger charge is 2.61. The summed E-state index contributed by atoms with van der Waals surface area (Å²) in [6, 6.07) is 0. The topological polar surface area (TPSA) is 78.0 Å². The van der Waals surface area contributed by atoms with Gasteiger partial charge in [-0.05, 0) is 42.9 Å². The first-order valence-electron chi connectivity index (χ1n) is 11.8. The van der Waals surface area contributed by atoms with Gasteiger partial charge in [-0.2, -0.15) is 0 Å². The summed E-state index contributed by atoms with van der Waals surface area (Å²) >= 11 is 0. The monoisotopic (exact) mass is 423 g/mol. The van der Waals surface area contributed by atoms with Crippen molar-refractivity contribution in [2.45, 2.75) is 32.6 Å². The van der Waals surface area contributed by atoms with Crippen LogP contribution >= 0.6 is 0 Å². The minimum atomic E-state index is -0.216. The van der Waals surface area contributed by atoms with Crippen LogP contribution in [0.25, 0.3) is 0 Å². The van der Waals surface area contributed by atoms with Gasteiger partial charge < -0.3 is 0 Å². The zero-order chi connectivity index (χ0) is 21.4. The number of likely N-dealkylation sites (tertiary alicyclic amines) is 2. The molecule has 0 aromatic heterocycles. The number of hydrogen-bond donors (Lipinski definition) is 0. The Hall–Kier alpha value is -2.28. The fraction of sp³-hybridized carbons (Fsp3) is 0.667. The minimum Gasteiger partial charge on any atom is -0.274 e. The summed E-state index contributed by atoms with van der Waals surface area (Å²) in [6.07, 6.45) is 12.0. The summed E-state index contributed by atoms with van der Waals surface area (Å²) in [5.74, 6) is -0.434. The fourth-order valence-corrected chi connectivity index (χ4v) is 7.17. The largest absolute Gasteiger partial charge is 0.274 e. The first-order chi connectivity index (χ1) is 15.0. The molecule has 0 aromatic rings. The third kappa shape index (κ3) is 2.62. The third-order valence-corrected chi connectivity index (χ3v) is 8.63. The Labute approximate surface area is 182 Å². The van der Waals surface area contributed by atoms with Gasteiger partial charge >= 0.3 is 0 Å². The van der Waals surface area contributed by atoms with E-state index in [4.69, 9.17) is 0 Å². The van der Waals surface area contributed by atoms with Crippen molar-refractivity contribution in [3.63, 3.8) is 0 Å². The second kappa shape index (κ2) is 6.86. The number of unbranched alkanes of at least 4 members (excludes halogenated alkanes) is 1. The lowest BCUT2D eigenvalue weighted by molar-refractivity contribution is -0.146. The van der Waals surface area contributed by atoms with Crippen molar-refractivity contribution in [1.29, 1.82) is 0 Å². The van der Waals surface area contributed by atoms with E-state index in [1.165, 1.54) is 9.80 Å². The highest BCUT2D eigenvalue weighted by Crippen LogP contribution is 2.53. The van der Waals surface area contributed by atoms with Gasteiger partial charge in [0.2, 0.25) is 23.6 Å². The second-order valence-electron chi connectivity index (χ2n) is 10.2. The Morgan fingerprint density at radius 1 is 0.710 bits per heavy atom. The maximum atomic E-state index is 13.1. The number of carbonyl (C=O) groups is 4. The van der Waals surface area contributed by atoms with E-state index in [-0.39, 0.29) is 84.3 Å². The van der Waals surface area contributed by atoms with Crippen LogP contribution in [0, 0.1) is 47.3 Å². The molecule has 31 heavy (non-hydrogen) atoms. The number of nitrogens with zero attached hydrogens (tertiary/aromatic N) is 3. The molecular weight excluding hydrogens is 394 g/mol. The van der Waals surface area contributed by atoms with Gasteiger partial charge in [0.1, 0.15) is 0 Å². The van der Waals surface area contributed by atoms with Crippen LogP contribution < -0.4 is 0 Å². The van der Waals surface area contributed by atoms with Crippen LogP contribution in [0.2, 0.25) is 0 Å². The molecule has 2 aliphatic heterocycles. The van der Waals surface area contributed by atoms with Crippen LogP contribution in [0.3, 0.4) is 0 Å². The van der Waals surface area contributed by atoms with E-state index in [2.05, 4.69) is 31.2 Å². The highest BCUT2D eigenvalue weighted by molar-refractivity contribution is 6.07. The lowest BCUT2D eigenvalue weighted by Gasteiger charge is -2.31. The molecule has 0 aromatic carbocycles. The molecule has 6 rings (SSSR count). The van der Waals surface area contributed by atoms with Gasteiger partial charge in [0.05, 0.1) is 37.0 Å². The van der Waals surface area contributed by atoms with Gasteiger partial charge in [0, 0.05) is 6.54 Å². The number of allylic oxidation sites excluding steroid dienone is 4. The lowest BCUT2D eigenvalue weighted by Crippen LogP contribution is -2.49. The van der Waals surface area contributed by atoms with Crippen LogP contribution in [0.15, 0.2) is 24.3 Å². The molecule has 4 fully saturated rings. The molecule has 0 radical (unpaired) electrons. The molecule has 7 heteroatoms. The minimum absolute atomic E-state index is 0.0773. The molecule has 7 nitrogen and oxygen atoms in total. The molecule has 2 saturated carbocycles. The number of imide groups is 2. The average molecular weight is 424 g/mol. The summed E-state index contributed by atoms with van der Waals surface area (Å²) in [5, 5.41) is 0. The Bertz CT molecular complexity index is 796. The molecule has 4 amide bonds. The lowest BCUT2D eigenvalue weighted by atomic mass is 9.85. The van der Waals surface area contributed by atoms with Crippen molar-refractivity contribution in [2.75, 3.05) is 19.9 Å². The average Bonchev–Trinajstić information content (AvgIpc) is 3.59. The first-order valence-corrected chi connectivity index (χ1v) is 11.8. The smallest absolute Gasteiger partial charge is 0.234 e. The van der Waals surface area contributed by atoms with Crippen LogP contribution in [0.1, 0.15) is 32.6 Å². The summed E-state index contributed by atoms with van der Waals surface area (Å²) in [7, 11) is 0. The fourth-order valence-electron chi connectivity index (χ4n) is 7.17. The van der Waals surface area contributed by atoms with E-state index in [1.807, 2.05) is 4.90 Å². The first kappa shape index (κ1) is 19.4. The number of amides is 4. The normalized spacial score (nSPS) is 41.6. The molecule has 2 saturated heterocycles. The van der Waals surface area contributed by atoms with Crippen LogP contribution in [0.4, 0.5) is 0 Å². The van der Waals surface area contributed by atoms with Gasteiger partial charge in [0.25, 0.3) is 0 Å². The number of fused-ring (bicyclic) bond motifs is 10. The maximum Gasteiger partial charge on any atom is 0.234 e. The third-order valence-electron chi connectivity index (χ3n) is 8.63. The standard InChI is InChI=1S/C24H29N3O4/c1-2-3-8-25(11-26-21(28)17-13-4-5-14(9-13)18(17)22(26)29)12-27-23(30)19-15-6-7-16(10-15)20(19)24(27)31/h4-7,13-20H,2-3,8-12H2,1H3/t13-,14+,15-,16+,17-,18-,19-,20+/m0/s1. The summed E-state index contributed by atoms with van der Waals surface area (Å²) < 4.78 is 0. The van der Waals surface area contributed by atoms with Crippen molar-refractivity contribution >= 4 is 23.6 Å². The Kier molecular flexibility index (Phi) is 4.29. The van der Waals surface area contributed by atoms with Gasteiger partial charge in [-0.1, -0.05) is 37.6 Å². The van der Waals surface area contributed by atoms with Crippen LogP contribution in [-0.2, 0) is 19.2 Å². The zero-order valence-electron chi connectivity index (χ0n) is 17.9. The molecule has 2 heterocycles. The number of rotatable bonds is 7. The van der Waals surface area contributed by atoms with Crippen LogP contribution in [0.5, 0.6) is 0 Å². The van der Waals surface area contributed by atoms with Gasteiger partial charge in [0.15, 0.2) is 0 Å². The molecule has 4 aliphatic carbocycles. The predicted molar refractivity (Wildman–Crippen MR) is 110 cm³/mol. The molecule has 0 spiro atoms. The van der Waals surface area contributed by atoms with Gasteiger partial charge in [-0.3, -0.25) is 33.9 Å². The second-order valence-corrected chi connectivity index (χ2v) is 10.2. The predicted octanol–water partition coefficient (Wildman–Crippen LogP) is 1.62. The van der Waals surface area contributed by atoms with E-state index >= 15 is 0 Å². The molecule has 164 valence electrons. The van der Waals surface area contributed by atoms with Crippen molar-refractivity contribution in [1.82, 2.24) is 14.7 Å². The van der Waals surface area contributed by atoms with Crippen molar-refractivity contribution in [3.05, 3.63) is 24.3 Å². The van der Waals surface area contributed by atoms with E-state index < -0.39 is 0 Å². The Balaban J connectivity index is 1.19. The van der Waals surface area contributed by atoms with Crippen molar-refractivity contribution in [3.8, 4) is 0 Å².